The third kappa shape index (κ3) is 3.06. The van der Waals surface area contributed by atoms with E-state index in [1.54, 1.807) is 6.92 Å². The molecule has 1 N–H and O–H groups in total. The Kier molecular flexibility index (Phi) is 4.40. The van der Waals surface area contributed by atoms with Crippen LogP contribution >= 0.6 is 0 Å². The number of carbonyl (C=O) groups is 2. The van der Waals surface area contributed by atoms with Gasteiger partial charge in [-0.1, -0.05) is 24.3 Å². The number of esters is 1. The zero-order valence-corrected chi connectivity index (χ0v) is 11.4. The van der Waals surface area contributed by atoms with Gasteiger partial charge < -0.3 is 10.1 Å². The number of carbonyl (C=O) groups excluding carboxylic acids is 2. The van der Waals surface area contributed by atoms with Crippen LogP contribution in [0.25, 0.3) is 0 Å². The molecule has 1 saturated heterocycles. The smallest absolute Gasteiger partial charge is 0.306 e. The number of hydrogen-bond acceptors (Lipinski definition) is 3. The van der Waals surface area contributed by atoms with Gasteiger partial charge in [-0.05, 0) is 26.2 Å². The molecule has 0 aromatic rings. The average molecular weight is 263 g/mol. The highest BCUT2D eigenvalue weighted by molar-refractivity contribution is 5.82. The van der Waals surface area contributed by atoms with Gasteiger partial charge in [-0.3, -0.25) is 9.59 Å². The zero-order chi connectivity index (χ0) is 13.7. The van der Waals surface area contributed by atoms with Gasteiger partial charge in [0, 0.05) is 17.9 Å². The lowest BCUT2D eigenvalue weighted by atomic mass is 9.66. The summed E-state index contributed by atoms with van der Waals surface area (Å²) >= 11 is 0. The Bertz CT molecular complexity index is 414. The number of nitrogens with one attached hydrogen (secondary N) is 1. The van der Waals surface area contributed by atoms with Crippen molar-refractivity contribution in [2.24, 2.45) is 11.3 Å². The van der Waals surface area contributed by atoms with Gasteiger partial charge in [-0.15, -0.1) is 0 Å². The summed E-state index contributed by atoms with van der Waals surface area (Å²) in [7, 11) is 0. The lowest BCUT2D eigenvalue weighted by molar-refractivity contribution is -0.147. The van der Waals surface area contributed by atoms with Crippen molar-refractivity contribution in [2.75, 3.05) is 13.2 Å². The normalized spacial score (nSPS) is 29.9. The molecule has 0 radical (unpaired) electrons. The van der Waals surface area contributed by atoms with Crippen LogP contribution in [0.3, 0.4) is 0 Å². The summed E-state index contributed by atoms with van der Waals surface area (Å²) in [5.74, 6) is -0.289. The van der Waals surface area contributed by atoms with E-state index in [1.165, 1.54) is 0 Å². The maximum Gasteiger partial charge on any atom is 0.306 e. The SMILES string of the molecule is CCOC(=O)C[C@]1([C@H]2CCCNC2=O)C=CC=CC1. The van der Waals surface area contributed by atoms with Gasteiger partial charge in [0.05, 0.1) is 13.0 Å². The van der Waals surface area contributed by atoms with E-state index in [-0.39, 0.29) is 24.2 Å². The first kappa shape index (κ1) is 13.8. The van der Waals surface area contributed by atoms with E-state index in [2.05, 4.69) is 5.32 Å². The number of ether oxygens (including phenoxy) is 1. The van der Waals surface area contributed by atoms with E-state index >= 15 is 0 Å². The molecule has 0 aromatic heterocycles. The Morgan fingerprint density at radius 2 is 2.37 bits per heavy atom. The minimum absolute atomic E-state index is 0.0653. The summed E-state index contributed by atoms with van der Waals surface area (Å²) in [4.78, 5) is 24.0. The van der Waals surface area contributed by atoms with Gasteiger partial charge in [0.2, 0.25) is 5.91 Å². The van der Waals surface area contributed by atoms with E-state index in [0.717, 1.165) is 25.8 Å². The number of piperidine rings is 1. The van der Waals surface area contributed by atoms with Crippen molar-refractivity contribution < 1.29 is 14.3 Å². The molecular weight excluding hydrogens is 242 g/mol. The molecule has 1 fully saturated rings. The predicted molar refractivity (Wildman–Crippen MR) is 72.3 cm³/mol. The molecule has 4 heteroatoms. The Hall–Kier alpha value is -1.58. The number of hydrogen-bond donors (Lipinski definition) is 1. The molecule has 104 valence electrons. The highest BCUT2D eigenvalue weighted by Gasteiger charge is 2.43. The van der Waals surface area contributed by atoms with Gasteiger partial charge >= 0.3 is 5.97 Å². The van der Waals surface area contributed by atoms with E-state index < -0.39 is 5.41 Å². The van der Waals surface area contributed by atoms with Crippen molar-refractivity contribution in [1.29, 1.82) is 0 Å². The molecule has 1 aliphatic heterocycles. The molecule has 0 unspecified atom stereocenters. The quantitative estimate of drug-likeness (QED) is 0.789. The van der Waals surface area contributed by atoms with Crippen molar-refractivity contribution in [3.05, 3.63) is 24.3 Å². The molecule has 2 atom stereocenters. The van der Waals surface area contributed by atoms with Gasteiger partial charge in [-0.25, -0.2) is 0 Å². The largest absolute Gasteiger partial charge is 0.466 e. The topological polar surface area (TPSA) is 55.4 Å². The molecule has 0 saturated carbocycles. The van der Waals surface area contributed by atoms with Crippen LogP contribution in [-0.4, -0.2) is 25.0 Å². The average Bonchev–Trinajstić information content (AvgIpc) is 2.40. The fourth-order valence-corrected chi connectivity index (χ4v) is 3.00. The van der Waals surface area contributed by atoms with Crippen LogP contribution in [0.5, 0.6) is 0 Å². The molecule has 2 rings (SSSR count). The van der Waals surface area contributed by atoms with Crippen LogP contribution in [0.15, 0.2) is 24.3 Å². The molecule has 0 spiro atoms. The van der Waals surface area contributed by atoms with E-state index in [0.29, 0.717) is 6.61 Å². The standard InChI is InChI=1S/C15H21NO3/c1-2-19-13(17)11-15(8-4-3-5-9-15)12-7-6-10-16-14(12)18/h3-5,8,12H,2,6-7,9-11H2,1H3,(H,16,18)/t12-,15-/m0/s1. The number of rotatable bonds is 4. The van der Waals surface area contributed by atoms with Crippen LogP contribution < -0.4 is 5.32 Å². The molecule has 19 heavy (non-hydrogen) atoms. The van der Waals surface area contributed by atoms with Gasteiger partial charge in [0.1, 0.15) is 0 Å². The maximum absolute atomic E-state index is 12.1. The van der Waals surface area contributed by atoms with Gasteiger partial charge in [0.25, 0.3) is 0 Å². The molecule has 1 aliphatic carbocycles. The van der Waals surface area contributed by atoms with Crippen LogP contribution in [-0.2, 0) is 14.3 Å². The Morgan fingerprint density at radius 1 is 1.53 bits per heavy atom. The first-order valence-corrected chi connectivity index (χ1v) is 6.95. The van der Waals surface area contributed by atoms with Crippen LogP contribution in [0.4, 0.5) is 0 Å². The molecule has 0 aromatic carbocycles. The Morgan fingerprint density at radius 3 is 3.00 bits per heavy atom. The minimum atomic E-state index is -0.411. The van der Waals surface area contributed by atoms with Crippen molar-refractivity contribution in [3.63, 3.8) is 0 Å². The number of amides is 1. The summed E-state index contributed by atoms with van der Waals surface area (Å²) in [5.41, 5.74) is -0.411. The third-order valence-electron chi connectivity index (χ3n) is 3.93. The van der Waals surface area contributed by atoms with Crippen molar-refractivity contribution in [1.82, 2.24) is 5.32 Å². The second-order valence-corrected chi connectivity index (χ2v) is 5.19. The summed E-state index contributed by atoms with van der Waals surface area (Å²) in [5, 5.41) is 2.91. The molecule has 2 aliphatic rings. The van der Waals surface area contributed by atoms with Gasteiger partial charge in [0.15, 0.2) is 0 Å². The fraction of sp³-hybridized carbons (Fsp3) is 0.600. The Labute approximate surface area is 113 Å². The van der Waals surface area contributed by atoms with E-state index in [9.17, 15) is 9.59 Å². The van der Waals surface area contributed by atoms with Crippen molar-refractivity contribution >= 4 is 11.9 Å². The summed E-state index contributed by atoms with van der Waals surface area (Å²) < 4.78 is 5.07. The monoisotopic (exact) mass is 263 g/mol. The Balaban J connectivity index is 2.19. The third-order valence-corrected chi connectivity index (χ3v) is 3.93. The summed E-state index contributed by atoms with van der Waals surface area (Å²) in [6.07, 6.45) is 10.7. The van der Waals surface area contributed by atoms with Crippen molar-refractivity contribution in [3.8, 4) is 0 Å². The van der Waals surface area contributed by atoms with Crippen LogP contribution in [0.1, 0.15) is 32.6 Å². The number of allylic oxidation sites excluding steroid dienone is 4. The lowest BCUT2D eigenvalue weighted by Crippen LogP contribution is -2.46. The molecular formula is C15H21NO3. The first-order valence-electron chi connectivity index (χ1n) is 6.95. The minimum Gasteiger partial charge on any atom is -0.466 e. The second kappa shape index (κ2) is 6.04. The highest BCUT2D eigenvalue weighted by Crippen LogP contribution is 2.43. The fourth-order valence-electron chi connectivity index (χ4n) is 3.00. The maximum atomic E-state index is 12.1. The molecule has 1 heterocycles. The molecule has 4 nitrogen and oxygen atoms in total. The zero-order valence-electron chi connectivity index (χ0n) is 11.4. The van der Waals surface area contributed by atoms with Crippen molar-refractivity contribution in [2.45, 2.75) is 32.6 Å². The van der Waals surface area contributed by atoms with E-state index in [4.69, 9.17) is 4.74 Å². The van der Waals surface area contributed by atoms with Crippen LogP contribution in [0, 0.1) is 11.3 Å². The predicted octanol–water partition coefficient (Wildman–Crippen LogP) is 1.97. The molecule has 0 bridgehead atoms. The highest BCUT2D eigenvalue weighted by atomic mass is 16.5. The molecule has 1 amide bonds. The first-order chi connectivity index (χ1) is 9.18. The van der Waals surface area contributed by atoms with Gasteiger partial charge in [-0.2, -0.15) is 0 Å². The van der Waals surface area contributed by atoms with E-state index in [1.807, 2.05) is 24.3 Å². The van der Waals surface area contributed by atoms with Crippen LogP contribution in [0.2, 0.25) is 0 Å². The second-order valence-electron chi connectivity index (χ2n) is 5.19. The summed E-state index contributed by atoms with van der Waals surface area (Å²) in [6, 6.07) is 0. The lowest BCUT2D eigenvalue weighted by Gasteiger charge is -2.39. The summed E-state index contributed by atoms with van der Waals surface area (Å²) in [6.45, 7) is 2.92.